The van der Waals surface area contributed by atoms with Crippen molar-refractivity contribution in [3.05, 3.63) is 12.3 Å². The second kappa shape index (κ2) is 2.64. The van der Waals surface area contributed by atoms with Crippen molar-refractivity contribution in [1.29, 1.82) is 0 Å². The van der Waals surface area contributed by atoms with Crippen molar-refractivity contribution in [3.8, 4) is 0 Å². The molecule has 9 heavy (non-hydrogen) atoms. The molecule has 1 heterocycles. The molecule has 0 saturated carbocycles. The molecule has 0 spiro atoms. The average molecular weight is 127 g/mol. The summed E-state index contributed by atoms with van der Waals surface area (Å²) in [5.41, 5.74) is 0. The molecule has 1 atom stereocenters. The number of hydrogen-bond acceptors (Lipinski definition) is 3. The lowest BCUT2D eigenvalue weighted by Crippen LogP contribution is -2.21. The van der Waals surface area contributed by atoms with E-state index in [1.165, 1.54) is 0 Å². The van der Waals surface area contributed by atoms with Crippen molar-refractivity contribution in [3.63, 3.8) is 0 Å². The molecule has 1 saturated heterocycles. The summed E-state index contributed by atoms with van der Waals surface area (Å²) in [6, 6.07) is 0. The summed E-state index contributed by atoms with van der Waals surface area (Å²) in [5.74, 6) is 0.813. The van der Waals surface area contributed by atoms with Gasteiger partial charge in [-0.1, -0.05) is 6.58 Å². The van der Waals surface area contributed by atoms with E-state index in [4.69, 9.17) is 4.74 Å². The van der Waals surface area contributed by atoms with E-state index in [1.54, 1.807) is 0 Å². The first-order valence-corrected chi connectivity index (χ1v) is 2.84. The van der Waals surface area contributed by atoms with Gasteiger partial charge in [0, 0.05) is 6.54 Å². The molecule has 3 heteroatoms. The first-order valence-electron chi connectivity index (χ1n) is 2.84. The molecule has 3 nitrogen and oxygen atoms in total. The summed E-state index contributed by atoms with van der Waals surface area (Å²) < 4.78 is 4.89. The van der Waals surface area contributed by atoms with E-state index in [2.05, 4.69) is 11.9 Å². The number of hydrogen-bond donors (Lipinski definition) is 1. The highest BCUT2D eigenvalue weighted by Gasteiger charge is 2.28. The van der Waals surface area contributed by atoms with Crippen molar-refractivity contribution in [2.24, 2.45) is 0 Å². The molecule has 1 aliphatic heterocycles. The average Bonchev–Trinajstić information content (AvgIpc) is 2.48. The molecule has 0 aromatic carbocycles. The molecular formula is C6H9NO2. The highest BCUT2D eigenvalue weighted by atomic mass is 16.6. The van der Waals surface area contributed by atoms with Crippen molar-refractivity contribution >= 4 is 6.29 Å². The molecule has 1 fully saturated rings. The Morgan fingerprint density at radius 1 is 1.89 bits per heavy atom. The Balaban J connectivity index is 1.94. The molecule has 0 radical (unpaired) electrons. The van der Waals surface area contributed by atoms with E-state index in [-0.39, 0.29) is 6.10 Å². The minimum Gasteiger partial charge on any atom is -0.482 e. The van der Waals surface area contributed by atoms with Gasteiger partial charge in [0.2, 0.25) is 0 Å². The lowest BCUT2D eigenvalue weighted by molar-refractivity contribution is -0.107. The molecule has 1 N–H and O–H groups in total. The third-order valence-corrected chi connectivity index (χ3v) is 1.15. The highest BCUT2D eigenvalue weighted by molar-refractivity contribution is 5.51. The fourth-order valence-corrected chi connectivity index (χ4v) is 0.578. The second-order valence-electron chi connectivity index (χ2n) is 1.90. The smallest absolute Gasteiger partial charge is 0.167 e. The van der Waals surface area contributed by atoms with Gasteiger partial charge in [-0.15, -0.1) is 0 Å². The second-order valence-corrected chi connectivity index (χ2v) is 1.90. The number of carbonyl (C=O) groups excluding carboxylic acids is 1. The van der Waals surface area contributed by atoms with Crippen LogP contribution in [0.25, 0.3) is 0 Å². The number of carbonyl (C=O) groups is 1. The van der Waals surface area contributed by atoms with Crippen LogP contribution < -0.4 is 5.32 Å². The number of ether oxygens (including phenoxy) is 1. The van der Waals surface area contributed by atoms with Gasteiger partial charge in [-0.2, -0.15) is 0 Å². The van der Waals surface area contributed by atoms with Crippen LogP contribution in [-0.4, -0.2) is 25.5 Å². The largest absolute Gasteiger partial charge is 0.482 e. The van der Waals surface area contributed by atoms with Crippen molar-refractivity contribution in [1.82, 2.24) is 5.32 Å². The maximum atomic E-state index is 9.76. The molecule has 1 rings (SSSR count). The van der Waals surface area contributed by atoms with Gasteiger partial charge in [0.1, 0.15) is 12.0 Å². The summed E-state index contributed by atoms with van der Waals surface area (Å²) in [6.07, 6.45) is 0.982. The Kier molecular flexibility index (Phi) is 1.85. The predicted octanol–water partition coefficient (Wildman–Crippen LogP) is -0.313. The van der Waals surface area contributed by atoms with E-state index in [1.807, 2.05) is 0 Å². The van der Waals surface area contributed by atoms with Gasteiger partial charge in [-0.25, -0.2) is 0 Å². The summed E-state index contributed by atoms with van der Waals surface area (Å²) in [5, 5.41) is 2.87. The third kappa shape index (κ3) is 1.85. The molecular weight excluding hydrogens is 118 g/mol. The van der Waals surface area contributed by atoms with E-state index < -0.39 is 0 Å². The zero-order valence-corrected chi connectivity index (χ0v) is 5.09. The van der Waals surface area contributed by atoms with Crippen molar-refractivity contribution in [2.75, 3.05) is 13.1 Å². The first kappa shape index (κ1) is 6.29. The van der Waals surface area contributed by atoms with E-state index in [0.29, 0.717) is 13.1 Å². The quantitative estimate of drug-likeness (QED) is 0.320. The van der Waals surface area contributed by atoms with Gasteiger partial charge in [0.05, 0.1) is 6.54 Å². The Bertz CT molecular complexity index is 133. The Morgan fingerprint density at radius 2 is 2.56 bits per heavy atom. The molecule has 0 aromatic heterocycles. The minimum absolute atomic E-state index is 0.157. The van der Waals surface area contributed by atoms with Crippen LogP contribution in [-0.2, 0) is 9.53 Å². The maximum absolute atomic E-state index is 9.76. The summed E-state index contributed by atoms with van der Waals surface area (Å²) in [4.78, 5) is 9.76. The fraction of sp³-hybridized carbons (Fsp3) is 0.500. The SMILES string of the molecule is C=C1O[C@@H]1CNCC=O. The number of nitrogens with one attached hydrogen (secondary N) is 1. The van der Waals surface area contributed by atoms with Crippen molar-refractivity contribution < 1.29 is 9.53 Å². The molecule has 0 unspecified atom stereocenters. The predicted molar refractivity (Wildman–Crippen MR) is 32.9 cm³/mol. The van der Waals surface area contributed by atoms with Crippen LogP contribution >= 0.6 is 0 Å². The molecule has 0 bridgehead atoms. The normalized spacial score (nSPS) is 23.1. The summed E-state index contributed by atoms with van der Waals surface area (Å²) in [6.45, 7) is 4.68. The molecule has 0 amide bonds. The summed E-state index contributed by atoms with van der Waals surface area (Å²) >= 11 is 0. The van der Waals surface area contributed by atoms with Crippen LogP contribution in [0.1, 0.15) is 0 Å². The number of rotatable bonds is 4. The highest BCUT2D eigenvalue weighted by Crippen LogP contribution is 2.22. The molecule has 0 aliphatic carbocycles. The van der Waals surface area contributed by atoms with E-state index in [0.717, 1.165) is 12.0 Å². The Hall–Kier alpha value is -0.830. The lowest BCUT2D eigenvalue weighted by atomic mass is 10.4. The van der Waals surface area contributed by atoms with Gasteiger partial charge in [-0.05, 0) is 0 Å². The lowest BCUT2D eigenvalue weighted by Gasteiger charge is -1.90. The molecule has 1 aliphatic rings. The zero-order valence-electron chi connectivity index (χ0n) is 5.09. The van der Waals surface area contributed by atoms with Crippen LogP contribution in [0.3, 0.4) is 0 Å². The molecule has 0 aromatic rings. The number of aldehydes is 1. The maximum Gasteiger partial charge on any atom is 0.167 e. The Labute approximate surface area is 53.7 Å². The topological polar surface area (TPSA) is 41.6 Å². The van der Waals surface area contributed by atoms with Gasteiger partial charge in [-0.3, -0.25) is 0 Å². The van der Waals surface area contributed by atoms with Crippen LogP contribution in [0.15, 0.2) is 12.3 Å². The van der Waals surface area contributed by atoms with Crippen LogP contribution in [0.4, 0.5) is 0 Å². The first-order chi connectivity index (χ1) is 4.34. The van der Waals surface area contributed by atoms with Crippen LogP contribution in [0.5, 0.6) is 0 Å². The van der Waals surface area contributed by atoms with Gasteiger partial charge in [0.15, 0.2) is 6.10 Å². The van der Waals surface area contributed by atoms with Crippen molar-refractivity contribution in [2.45, 2.75) is 6.10 Å². The standard InChI is InChI=1S/C6H9NO2/c1-5-6(9-5)4-7-2-3-8/h3,6-7H,1-2,4H2/t6-/m1/s1. The monoisotopic (exact) mass is 127 g/mol. The third-order valence-electron chi connectivity index (χ3n) is 1.15. The fourth-order valence-electron chi connectivity index (χ4n) is 0.578. The van der Waals surface area contributed by atoms with E-state index >= 15 is 0 Å². The van der Waals surface area contributed by atoms with Crippen LogP contribution in [0, 0.1) is 0 Å². The minimum atomic E-state index is 0.157. The number of epoxide rings is 1. The van der Waals surface area contributed by atoms with Gasteiger partial charge >= 0.3 is 0 Å². The van der Waals surface area contributed by atoms with Gasteiger partial charge < -0.3 is 14.8 Å². The van der Waals surface area contributed by atoms with Gasteiger partial charge in [0.25, 0.3) is 0 Å². The Morgan fingerprint density at radius 3 is 3.00 bits per heavy atom. The summed E-state index contributed by atoms with van der Waals surface area (Å²) in [7, 11) is 0. The van der Waals surface area contributed by atoms with Crippen LogP contribution in [0.2, 0.25) is 0 Å². The zero-order chi connectivity index (χ0) is 6.69. The molecule has 50 valence electrons. The van der Waals surface area contributed by atoms with E-state index in [9.17, 15) is 4.79 Å².